The van der Waals surface area contributed by atoms with Crippen molar-refractivity contribution in [3.8, 4) is 0 Å². The lowest BCUT2D eigenvalue weighted by atomic mass is 9.97. The molecule has 0 spiro atoms. The molecule has 1 fully saturated rings. The van der Waals surface area contributed by atoms with Gasteiger partial charge in [-0.05, 0) is 59.5 Å². The summed E-state index contributed by atoms with van der Waals surface area (Å²) < 4.78 is 0. The number of nitrogens with zero attached hydrogens (tertiary/aromatic N) is 1. The molecule has 5 heteroatoms. The molecular weight excluding hydrogens is 228 g/mol. The Morgan fingerprint density at radius 2 is 1.83 bits per heavy atom. The Labute approximate surface area is 112 Å². The average molecular weight is 260 g/mol. The first kappa shape index (κ1) is 19.7. The normalized spacial score (nSPS) is 16.1. The zero-order chi connectivity index (χ0) is 14.4. The highest BCUT2D eigenvalue weighted by molar-refractivity contribution is 5.76. The Hall–Kier alpha value is -0.650. The van der Waals surface area contributed by atoms with E-state index in [4.69, 9.17) is 11.5 Å². The number of amides is 1. The van der Waals surface area contributed by atoms with Crippen molar-refractivity contribution in [3.05, 3.63) is 0 Å². The molecule has 0 saturated carbocycles. The number of nitrogens with two attached hydrogens (primary N) is 2. The molecule has 0 aliphatic carbocycles. The number of likely N-dealkylation sites (tertiary alicyclic amines) is 1. The average Bonchev–Trinajstić information content (AvgIpc) is 2.40. The number of nitrogens with one attached hydrogen (secondary N) is 1. The first-order valence-corrected chi connectivity index (χ1v) is 6.94. The number of piperidine rings is 1. The molecule has 0 aromatic rings. The zero-order valence-electron chi connectivity index (χ0n) is 12.5. The van der Waals surface area contributed by atoms with Crippen molar-refractivity contribution in [1.82, 2.24) is 10.2 Å². The van der Waals surface area contributed by atoms with E-state index in [1.165, 1.54) is 0 Å². The molecule has 1 aliphatic heterocycles. The lowest BCUT2D eigenvalue weighted by Crippen LogP contribution is -2.36. The number of primary amides is 1. The zero-order valence-corrected chi connectivity index (χ0v) is 12.5. The summed E-state index contributed by atoms with van der Waals surface area (Å²) in [5, 5.41) is 2.99. The number of hydrogen-bond acceptors (Lipinski definition) is 4. The molecule has 1 aliphatic rings. The molecule has 0 radical (unpaired) electrons. The van der Waals surface area contributed by atoms with Crippen LogP contribution in [0, 0.1) is 5.92 Å². The third-order valence-corrected chi connectivity index (χ3v) is 2.75. The third-order valence-electron chi connectivity index (χ3n) is 2.75. The van der Waals surface area contributed by atoms with Crippen molar-refractivity contribution >= 4 is 5.91 Å². The molecule has 1 rings (SSSR count). The molecule has 0 bridgehead atoms. The molecule has 1 saturated heterocycles. The van der Waals surface area contributed by atoms with E-state index in [0.717, 1.165) is 45.4 Å². The van der Waals surface area contributed by atoms with Gasteiger partial charge in [-0.2, -0.15) is 0 Å². The predicted octanol–water partition coefficient (Wildman–Crippen LogP) is 0.394. The van der Waals surface area contributed by atoms with Crippen LogP contribution in [0.4, 0.5) is 0 Å². The summed E-state index contributed by atoms with van der Waals surface area (Å²) in [4.78, 5) is 12.9. The summed E-state index contributed by atoms with van der Waals surface area (Å²) in [5.41, 5.74) is 10.3. The molecule has 0 aromatic heterocycles. The summed E-state index contributed by atoms with van der Waals surface area (Å²) in [6.45, 7) is 7.85. The highest BCUT2D eigenvalue weighted by Gasteiger charge is 2.20. The van der Waals surface area contributed by atoms with Gasteiger partial charge in [0, 0.05) is 5.92 Å². The van der Waals surface area contributed by atoms with Crippen LogP contribution in [-0.4, -0.2) is 51.1 Å². The summed E-state index contributed by atoms with van der Waals surface area (Å²) in [5.74, 6) is 0.00398. The molecule has 1 heterocycles. The Kier molecular flexibility index (Phi) is 15.8. The van der Waals surface area contributed by atoms with Gasteiger partial charge >= 0.3 is 0 Å². The third kappa shape index (κ3) is 11.8. The Morgan fingerprint density at radius 3 is 2.11 bits per heavy atom. The summed E-state index contributed by atoms with van der Waals surface area (Å²) in [6, 6.07) is 0. The van der Waals surface area contributed by atoms with Crippen LogP contribution in [0.25, 0.3) is 0 Å². The Bertz CT molecular complexity index is 176. The Balaban J connectivity index is 0. The lowest BCUT2D eigenvalue weighted by Gasteiger charge is -2.26. The number of rotatable bonds is 4. The molecular formula is C13H32N4O. The standard InChI is InChI=1S/C7H14N2O.C4H12N2.C2H6/c1-9-4-2-6(3-5-9)7(8)10;1-6-4-2-3-5;1-2/h6H,2-5H2,1H3,(H2,8,10);6H,2-5H2,1H3;1-2H3. The van der Waals surface area contributed by atoms with E-state index >= 15 is 0 Å². The van der Waals surface area contributed by atoms with Gasteiger partial charge in [-0.15, -0.1) is 0 Å². The van der Waals surface area contributed by atoms with E-state index in [0.29, 0.717) is 0 Å². The summed E-state index contributed by atoms with van der Waals surface area (Å²) in [6.07, 6.45) is 2.95. The SMILES string of the molecule is CC.CN1CCC(C(N)=O)CC1.CNCCCN. The quantitative estimate of drug-likeness (QED) is 0.639. The minimum absolute atomic E-state index is 0.131. The largest absolute Gasteiger partial charge is 0.369 e. The number of hydrogen-bond donors (Lipinski definition) is 3. The highest BCUT2D eigenvalue weighted by atomic mass is 16.1. The van der Waals surface area contributed by atoms with E-state index in [-0.39, 0.29) is 11.8 Å². The fraction of sp³-hybridized carbons (Fsp3) is 0.923. The van der Waals surface area contributed by atoms with E-state index < -0.39 is 0 Å². The van der Waals surface area contributed by atoms with Gasteiger partial charge in [-0.25, -0.2) is 0 Å². The van der Waals surface area contributed by atoms with Crippen LogP contribution < -0.4 is 16.8 Å². The van der Waals surface area contributed by atoms with Gasteiger partial charge in [-0.3, -0.25) is 4.79 Å². The van der Waals surface area contributed by atoms with Gasteiger partial charge in [0.05, 0.1) is 0 Å². The lowest BCUT2D eigenvalue weighted by molar-refractivity contribution is -0.123. The van der Waals surface area contributed by atoms with E-state index in [1.54, 1.807) is 0 Å². The van der Waals surface area contributed by atoms with Crippen molar-refractivity contribution < 1.29 is 4.79 Å². The smallest absolute Gasteiger partial charge is 0.220 e. The van der Waals surface area contributed by atoms with Gasteiger partial charge in [0.1, 0.15) is 0 Å². The van der Waals surface area contributed by atoms with Crippen LogP contribution >= 0.6 is 0 Å². The van der Waals surface area contributed by atoms with Crippen LogP contribution in [0.2, 0.25) is 0 Å². The van der Waals surface area contributed by atoms with E-state index in [2.05, 4.69) is 17.3 Å². The molecule has 0 atom stereocenters. The molecule has 5 nitrogen and oxygen atoms in total. The van der Waals surface area contributed by atoms with Crippen molar-refractivity contribution in [2.45, 2.75) is 33.1 Å². The second-order valence-electron chi connectivity index (χ2n) is 4.23. The maximum atomic E-state index is 10.7. The van der Waals surface area contributed by atoms with Crippen molar-refractivity contribution in [3.63, 3.8) is 0 Å². The molecule has 5 N–H and O–H groups in total. The van der Waals surface area contributed by atoms with Gasteiger partial charge in [0.2, 0.25) is 5.91 Å². The fourth-order valence-corrected chi connectivity index (χ4v) is 1.57. The van der Waals surface area contributed by atoms with Crippen LogP contribution in [0.5, 0.6) is 0 Å². The summed E-state index contributed by atoms with van der Waals surface area (Å²) in [7, 11) is 3.99. The molecule has 18 heavy (non-hydrogen) atoms. The van der Waals surface area contributed by atoms with Gasteiger partial charge in [0.25, 0.3) is 0 Å². The fourth-order valence-electron chi connectivity index (χ4n) is 1.57. The van der Waals surface area contributed by atoms with Gasteiger partial charge < -0.3 is 21.7 Å². The van der Waals surface area contributed by atoms with Crippen LogP contribution in [0.15, 0.2) is 0 Å². The topological polar surface area (TPSA) is 84.4 Å². The van der Waals surface area contributed by atoms with E-state index in [1.807, 2.05) is 20.9 Å². The minimum Gasteiger partial charge on any atom is -0.369 e. The van der Waals surface area contributed by atoms with Crippen LogP contribution in [0.1, 0.15) is 33.1 Å². The Morgan fingerprint density at radius 1 is 1.33 bits per heavy atom. The molecule has 110 valence electrons. The highest BCUT2D eigenvalue weighted by Crippen LogP contribution is 2.14. The maximum absolute atomic E-state index is 10.7. The summed E-state index contributed by atoms with van der Waals surface area (Å²) >= 11 is 0. The predicted molar refractivity (Wildman–Crippen MR) is 78.4 cm³/mol. The van der Waals surface area contributed by atoms with Crippen LogP contribution in [-0.2, 0) is 4.79 Å². The monoisotopic (exact) mass is 260 g/mol. The molecule has 0 unspecified atom stereocenters. The van der Waals surface area contributed by atoms with Crippen molar-refractivity contribution in [1.29, 1.82) is 0 Å². The minimum atomic E-state index is -0.131. The number of carbonyl (C=O) groups is 1. The van der Waals surface area contributed by atoms with Gasteiger partial charge in [0.15, 0.2) is 0 Å². The van der Waals surface area contributed by atoms with Crippen LogP contribution in [0.3, 0.4) is 0 Å². The second kappa shape index (κ2) is 14.4. The first-order chi connectivity index (χ1) is 8.61. The molecule has 1 amide bonds. The molecule has 0 aromatic carbocycles. The van der Waals surface area contributed by atoms with E-state index in [9.17, 15) is 4.79 Å². The maximum Gasteiger partial charge on any atom is 0.220 e. The second-order valence-corrected chi connectivity index (χ2v) is 4.23. The first-order valence-electron chi connectivity index (χ1n) is 6.94. The number of carbonyl (C=O) groups excluding carboxylic acids is 1. The van der Waals surface area contributed by atoms with Gasteiger partial charge in [-0.1, -0.05) is 13.8 Å². The van der Waals surface area contributed by atoms with Crippen molar-refractivity contribution in [2.75, 3.05) is 40.3 Å². The van der Waals surface area contributed by atoms with Crippen molar-refractivity contribution in [2.24, 2.45) is 17.4 Å².